The molecule has 6 heteroatoms. The molecule has 0 radical (unpaired) electrons. The molecule has 0 unspecified atom stereocenters. The maximum atomic E-state index is 5.79. The lowest BCUT2D eigenvalue weighted by Crippen LogP contribution is -1.73. The monoisotopic (exact) mass is 298 g/mol. The Bertz CT molecular complexity index is 614. The molecule has 3 aromatic rings. The number of rotatable bonds is 3. The summed E-state index contributed by atoms with van der Waals surface area (Å²) in [6.45, 7) is 0. The van der Waals surface area contributed by atoms with Crippen molar-refractivity contribution < 1.29 is 0 Å². The molecule has 0 atom stereocenters. The molecule has 0 bridgehead atoms. The van der Waals surface area contributed by atoms with Crippen LogP contribution in [0, 0.1) is 0 Å². The summed E-state index contributed by atoms with van der Waals surface area (Å²) in [4.78, 5) is 9.77. The Morgan fingerprint density at radius 2 is 2.12 bits per heavy atom. The third-order valence-corrected chi connectivity index (χ3v) is 5.66. The third kappa shape index (κ3) is 2.63. The molecule has 3 rings (SSSR count). The largest absolute Gasteiger partial charge is 0.233 e. The Labute approximate surface area is 116 Å². The Kier molecular flexibility index (Phi) is 3.33. The van der Waals surface area contributed by atoms with Crippen molar-refractivity contribution in [2.45, 2.75) is 10.1 Å². The van der Waals surface area contributed by atoms with Gasteiger partial charge in [0.05, 0.1) is 10.2 Å². The molecule has 0 aliphatic heterocycles. The van der Waals surface area contributed by atoms with Gasteiger partial charge >= 0.3 is 0 Å². The van der Waals surface area contributed by atoms with Crippen LogP contribution < -0.4 is 0 Å². The zero-order chi connectivity index (χ0) is 11.7. The standard InChI is InChI=1S/C11H7ClN2S3/c12-10-13-5-7(16-10)6-15-11-14-8-3-1-2-4-9(8)17-11/h1-5H,6H2. The molecular formula is C11H7ClN2S3. The van der Waals surface area contributed by atoms with E-state index in [1.165, 1.54) is 20.9 Å². The zero-order valence-corrected chi connectivity index (χ0v) is 11.8. The van der Waals surface area contributed by atoms with Crippen LogP contribution in [-0.4, -0.2) is 9.97 Å². The molecular weight excluding hydrogens is 292 g/mol. The minimum Gasteiger partial charge on any atom is -0.233 e. The van der Waals surface area contributed by atoms with Crippen molar-refractivity contribution in [3.05, 3.63) is 39.8 Å². The van der Waals surface area contributed by atoms with Gasteiger partial charge in [-0.25, -0.2) is 9.97 Å². The van der Waals surface area contributed by atoms with Gasteiger partial charge in [-0.2, -0.15) is 0 Å². The number of hydrogen-bond acceptors (Lipinski definition) is 5. The average Bonchev–Trinajstić information content (AvgIpc) is 2.91. The highest BCUT2D eigenvalue weighted by Gasteiger charge is 2.05. The number of benzene rings is 1. The van der Waals surface area contributed by atoms with Crippen molar-refractivity contribution in [3.63, 3.8) is 0 Å². The predicted octanol–water partition coefficient (Wildman–Crippen LogP) is 4.70. The van der Waals surface area contributed by atoms with Crippen LogP contribution in [0.2, 0.25) is 4.47 Å². The van der Waals surface area contributed by atoms with Crippen molar-refractivity contribution in [1.29, 1.82) is 0 Å². The molecule has 1 aromatic carbocycles. The number of nitrogens with zero attached hydrogens (tertiary/aromatic N) is 2. The third-order valence-electron chi connectivity index (χ3n) is 2.14. The fourth-order valence-corrected chi connectivity index (χ4v) is 4.46. The lowest BCUT2D eigenvalue weighted by Gasteiger charge is -1.91. The maximum Gasteiger partial charge on any atom is 0.183 e. The van der Waals surface area contributed by atoms with Gasteiger partial charge < -0.3 is 0 Å². The van der Waals surface area contributed by atoms with Gasteiger partial charge in [-0.1, -0.05) is 35.5 Å². The van der Waals surface area contributed by atoms with Crippen LogP contribution in [0.15, 0.2) is 34.8 Å². The summed E-state index contributed by atoms with van der Waals surface area (Å²) in [7, 11) is 0. The molecule has 0 N–H and O–H groups in total. The Hall–Kier alpha value is -0.620. The van der Waals surface area contributed by atoms with Crippen molar-refractivity contribution in [2.75, 3.05) is 0 Å². The first kappa shape index (κ1) is 11.5. The Morgan fingerprint density at radius 1 is 1.24 bits per heavy atom. The van der Waals surface area contributed by atoms with Crippen LogP contribution in [-0.2, 0) is 5.75 Å². The molecule has 2 aromatic heterocycles. The summed E-state index contributed by atoms with van der Waals surface area (Å²) in [6, 6.07) is 8.19. The number of aromatic nitrogens is 2. The van der Waals surface area contributed by atoms with E-state index in [0.717, 1.165) is 15.6 Å². The Balaban J connectivity index is 1.76. The van der Waals surface area contributed by atoms with Crippen LogP contribution in [0.1, 0.15) is 4.88 Å². The number of thioether (sulfide) groups is 1. The molecule has 0 amide bonds. The van der Waals surface area contributed by atoms with Gasteiger partial charge in [0, 0.05) is 16.8 Å². The van der Waals surface area contributed by atoms with E-state index >= 15 is 0 Å². The lowest BCUT2D eigenvalue weighted by atomic mass is 10.3. The quantitative estimate of drug-likeness (QED) is 0.656. The van der Waals surface area contributed by atoms with E-state index in [1.54, 1.807) is 23.1 Å². The van der Waals surface area contributed by atoms with Crippen LogP contribution >= 0.6 is 46.0 Å². The number of halogens is 1. The molecule has 2 heterocycles. The van der Waals surface area contributed by atoms with Crippen LogP contribution in [0.25, 0.3) is 10.2 Å². The minimum atomic E-state index is 0.602. The molecule has 0 saturated carbocycles. The summed E-state index contributed by atoms with van der Waals surface area (Å²) in [5.74, 6) is 0.879. The van der Waals surface area contributed by atoms with E-state index in [4.69, 9.17) is 11.6 Å². The topological polar surface area (TPSA) is 25.8 Å². The first-order valence-electron chi connectivity index (χ1n) is 4.90. The molecule has 0 aliphatic rings. The summed E-state index contributed by atoms with van der Waals surface area (Å²) in [5, 5.41) is 0. The van der Waals surface area contributed by atoms with Crippen molar-refractivity contribution in [1.82, 2.24) is 9.97 Å². The number of para-hydroxylation sites is 1. The van der Waals surface area contributed by atoms with Crippen LogP contribution in [0.3, 0.4) is 0 Å². The van der Waals surface area contributed by atoms with Gasteiger partial charge in [-0.05, 0) is 12.1 Å². The van der Waals surface area contributed by atoms with Gasteiger partial charge in [0.2, 0.25) is 0 Å². The molecule has 0 saturated heterocycles. The number of hydrogen-bond donors (Lipinski definition) is 0. The van der Waals surface area contributed by atoms with Crippen molar-refractivity contribution >= 4 is 56.3 Å². The molecule has 0 aliphatic carbocycles. The predicted molar refractivity (Wildman–Crippen MR) is 76.3 cm³/mol. The fourth-order valence-electron chi connectivity index (χ4n) is 1.40. The highest BCUT2D eigenvalue weighted by atomic mass is 35.5. The van der Waals surface area contributed by atoms with Gasteiger partial charge in [0.15, 0.2) is 8.81 Å². The Morgan fingerprint density at radius 3 is 2.88 bits per heavy atom. The van der Waals surface area contributed by atoms with Crippen molar-refractivity contribution in [3.8, 4) is 0 Å². The highest BCUT2D eigenvalue weighted by Crippen LogP contribution is 2.32. The summed E-state index contributed by atoms with van der Waals surface area (Å²) in [5.41, 5.74) is 1.07. The van der Waals surface area contributed by atoms with E-state index < -0.39 is 0 Å². The van der Waals surface area contributed by atoms with Crippen LogP contribution in [0.4, 0.5) is 0 Å². The average molecular weight is 299 g/mol. The fraction of sp³-hybridized carbons (Fsp3) is 0.0909. The van der Waals surface area contributed by atoms with Crippen LogP contribution in [0.5, 0.6) is 0 Å². The SMILES string of the molecule is Clc1ncc(CSc2nc3ccccc3s2)s1. The molecule has 2 nitrogen and oxygen atoms in total. The van der Waals surface area contributed by atoms with Crippen molar-refractivity contribution in [2.24, 2.45) is 0 Å². The normalized spacial score (nSPS) is 11.1. The second-order valence-corrected chi connectivity index (χ2v) is 7.27. The minimum absolute atomic E-state index is 0.602. The van der Waals surface area contributed by atoms with Gasteiger partial charge in [0.25, 0.3) is 0 Å². The van der Waals surface area contributed by atoms with Gasteiger partial charge in [-0.3, -0.25) is 0 Å². The summed E-state index contributed by atoms with van der Waals surface area (Å²) >= 11 is 10.8. The van der Waals surface area contributed by atoms with E-state index in [0.29, 0.717) is 4.47 Å². The zero-order valence-electron chi connectivity index (χ0n) is 8.59. The maximum absolute atomic E-state index is 5.79. The number of fused-ring (bicyclic) bond motifs is 1. The molecule has 17 heavy (non-hydrogen) atoms. The molecule has 86 valence electrons. The highest BCUT2D eigenvalue weighted by molar-refractivity contribution is 8.00. The van der Waals surface area contributed by atoms with E-state index in [9.17, 15) is 0 Å². The smallest absolute Gasteiger partial charge is 0.183 e. The van der Waals surface area contributed by atoms with E-state index in [2.05, 4.69) is 16.0 Å². The molecule has 0 spiro atoms. The summed E-state index contributed by atoms with van der Waals surface area (Å²) < 4.78 is 2.93. The van der Waals surface area contributed by atoms with Gasteiger partial charge in [0.1, 0.15) is 0 Å². The van der Waals surface area contributed by atoms with E-state index in [1.807, 2.05) is 24.4 Å². The second kappa shape index (κ2) is 4.94. The first-order chi connectivity index (χ1) is 8.31. The van der Waals surface area contributed by atoms with E-state index in [-0.39, 0.29) is 0 Å². The second-order valence-electron chi connectivity index (χ2n) is 3.32. The first-order valence-corrected chi connectivity index (χ1v) is 7.89. The number of thiazole rings is 2. The summed E-state index contributed by atoms with van der Waals surface area (Å²) in [6.07, 6.45) is 1.83. The lowest BCUT2D eigenvalue weighted by molar-refractivity contribution is 1.29. The molecule has 0 fully saturated rings. The van der Waals surface area contributed by atoms with Gasteiger partial charge in [-0.15, -0.1) is 22.7 Å².